The van der Waals surface area contributed by atoms with Crippen molar-refractivity contribution in [1.29, 1.82) is 0 Å². The van der Waals surface area contributed by atoms with Crippen LogP contribution >= 0.6 is 0 Å². The number of esters is 1. The third kappa shape index (κ3) is 2.95. The molecule has 2 bridgehead atoms. The van der Waals surface area contributed by atoms with E-state index in [4.69, 9.17) is 9.26 Å². The number of fused-ring (bicyclic) bond motifs is 3. The fourth-order valence-electron chi connectivity index (χ4n) is 7.84. The molecule has 1 spiro atoms. The number of aliphatic hydroxyl groups excluding tert-OH is 2. The van der Waals surface area contributed by atoms with E-state index in [-0.39, 0.29) is 40.1 Å². The molecule has 4 aliphatic carbocycles. The summed E-state index contributed by atoms with van der Waals surface area (Å²) in [5.74, 6) is -1.02. The fourth-order valence-corrected chi connectivity index (χ4v) is 7.84. The van der Waals surface area contributed by atoms with Gasteiger partial charge in [0, 0.05) is 12.3 Å². The maximum Gasteiger partial charge on any atom is 0.344 e. The van der Waals surface area contributed by atoms with Crippen molar-refractivity contribution in [2.24, 2.45) is 34.5 Å². The average molecular weight is 500 g/mol. The van der Waals surface area contributed by atoms with Gasteiger partial charge in [0.05, 0.1) is 17.7 Å². The van der Waals surface area contributed by atoms with Gasteiger partial charge in [-0.05, 0) is 54.1 Å². The van der Waals surface area contributed by atoms with Crippen LogP contribution in [0.5, 0.6) is 0 Å². The maximum absolute atomic E-state index is 14.4. The fraction of sp³-hybridized carbons (Fsp3) is 0.679. The SMILES string of the molecule is CCc1noc(CC)c1C(=O)O[C@H]1C(C)=CC23C(=O)[C@@H](C=C(CO)[C@@H](O)[C@]12O)[C@H]1[C@@H](CC3C)C1(C)C. The van der Waals surface area contributed by atoms with Gasteiger partial charge in [-0.3, -0.25) is 4.79 Å². The molecule has 1 aromatic rings. The Kier molecular flexibility index (Phi) is 5.71. The molecule has 8 nitrogen and oxygen atoms in total. The van der Waals surface area contributed by atoms with Crippen molar-refractivity contribution in [3.63, 3.8) is 0 Å². The molecule has 36 heavy (non-hydrogen) atoms. The van der Waals surface area contributed by atoms with Crippen LogP contribution < -0.4 is 0 Å². The van der Waals surface area contributed by atoms with Gasteiger partial charge in [0.25, 0.3) is 0 Å². The van der Waals surface area contributed by atoms with Crippen LogP contribution in [0.2, 0.25) is 0 Å². The van der Waals surface area contributed by atoms with Gasteiger partial charge < -0.3 is 24.6 Å². The van der Waals surface area contributed by atoms with Crippen LogP contribution in [0.4, 0.5) is 0 Å². The first-order valence-electron chi connectivity index (χ1n) is 13.1. The molecule has 4 aliphatic rings. The van der Waals surface area contributed by atoms with Gasteiger partial charge >= 0.3 is 5.97 Å². The second-order valence-electron chi connectivity index (χ2n) is 11.8. The average Bonchev–Trinajstić information content (AvgIpc) is 3.13. The number of hydrogen-bond donors (Lipinski definition) is 3. The smallest absolute Gasteiger partial charge is 0.344 e. The van der Waals surface area contributed by atoms with Gasteiger partial charge in [-0.1, -0.05) is 51.9 Å². The lowest BCUT2D eigenvalue weighted by Gasteiger charge is -2.48. The zero-order valence-electron chi connectivity index (χ0n) is 21.9. The van der Waals surface area contributed by atoms with E-state index in [1.165, 1.54) is 0 Å². The lowest BCUT2D eigenvalue weighted by atomic mass is 9.59. The minimum Gasteiger partial charge on any atom is -0.451 e. The van der Waals surface area contributed by atoms with Crippen molar-refractivity contribution >= 4 is 11.8 Å². The first kappa shape index (κ1) is 25.4. The molecular formula is C28H37NO7. The molecule has 0 saturated heterocycles. The third-order valence-electron chi connectivity index (χ3n) is 9.82. The first-order valence-corrected chi connectivity index (χ1v) is 13.1. The lowest BCUT2D eigenvalue weighted by molar-refractivity contribution is -0.190. The molecule has 1 heterocycles. The number of ether oxygens (including phenoxy) is 1. The molecule has 8 atom stereocenters. The summed E-state index contributed by atoms with van der Waals surface area (Å²) in [5.41, 5.74) is -2.30. The highest BCUT2D eigenvalue weighted by Gasteiger charge is 2.76. The highest BCUT2D eigenvalue weighted by molar-refractivity contribution is 5.96. The second kappa shape index (κ2) is 8.10. The summed E-state index contributed by atoms with van der Waals surface area (Å²) in [6, 6.07) is 0. The summed E-state index contributed by atoms with van der Waals surface area (Å²) in [7, 11) is 0. The summed E-state index contributed by atoms with van der Waals surface area (Å²) in [6.45, 7) is 11.1. The van der Waals surface area contributed by atoms with Gasteiger partial charge in [-0.25, -0.2) is 4.79 Å². The van der Waals surface area contributed by atoms with Gasteiger partial charge in [0.1, 0.15) is 11.7 Å². The zero-order valence-corrected chi connectivity index (χ0v) is 21.9. The minimum atomic E-state index is -2.16. The van der Waals surface area contributed by atoms with Gasteiger partial charge in [0.15, 0.2) is 23.2 Å². The molecule has 0 aromatic carbocycles. The molecule has 3 N–H and O–H groups in total. The van der Waals surface area contributed by atoms with Gasteiger partial charge in [0.2, 0.25) is 0 Å². The predicted octanol–water partition coefficient (Wildman–Crippen LogP) is 2.79. The van der Waals surface area contributed by atoms with Crippen molar-refractivity contribution in [1.82, 2.24) is 5.16 Å². The number of aryl methyl sites for hydroxylation is 2. The number of hydrogen-bond acceptors (Lipinski definition) is 8. The summed E-state index contributed by atoms with van der Waals surface area (Å²) in [4.78, 5) is 27.9. The van der Waals surface area contributed by atoms with E-state index in [9.17, 15) is 24.9 Å². The van der Waals surface area contributed by atoms with E-state index < -0.39 is 41.7 Å². The van der Waals surface area contributed by atoms with E-state index in [0.717, 1.165) is 0 Å². The van der Waals surface area contributed by atoms with Crippen LogP contribution in [0.3, 0.4) is 0 Å². The van der Waals surface area contributed by atoms with E-state index in [1.54, 1.807) is 19.1 Å². The first-order chi connectivity index (χ1) is 16.9. The quantitative estimate of drug-likeness (QED) is 0.417. The number of nitrogens with zero attached hydrogens (tertiary/aromatic N) is 1. The molecule has 2 fully saturated rings. The molecular weight excluding hydrogens is 462 g/mol. The standard InChI is InChI=1S/C28H37NO7/c1-7-18-20(19(8-2)36-29-18)25(33)35-24-13(3)11-27-14(4)9-17-21(26(17,5)6)16(23(27)32)10-15(12-30)22(31)28(24,27)34/h10-11,14,16-17,21-22,24,30-31,34H,7-9,12H2,1-6H3/t14?,16-,17+,21-,22+,24-,27?,28-/m0/s1. The van der Waals surface area contributed by atoms with Gasteiger partial charge in [-0.15, -0.1) is 0 Å². The number of allylic oxidation sites excluding steroid dienone is 1. The molecule has 0 radical (unpaired) electrons. The molecule has 5 rings (SSSR count). The van der Waals surface area contributed by atoms with Gasteiger partial charge in [-0.2, -0.15) is 0 Å². The van der Waals surface area contributed by atoms with Crippen LogP contribution in [0.15, 0.2) is 27.8 Å². The Morgan fingerprint density at radius 1 is 1.28 bits per heavy atom. The molecule has 0 amide bonds. The Morgan fingerprint density at radius 2 is 1.97 bits per heavy atom. The van der Waals surface area contributed by atoms with E-state index >= 15 is 0 Å². The number of carbonyl (C=O) groups excluding carboxylic acids is 2. The highest BCUT2D eigenvalue weighted by Crippen LogP contribution is 2.71. The number of aromatic nitrogens is 1. The molecule has 8 heteroatoms. The normalized spacial score (nSPS) is 40.4. The van der Waals surface area contributed by atoms with Crippen LogP contribution in [0.25, 0.3) is 0 Å². The Labute approximate surface area is 211 Å². The summed E-state index contributed by atoms with van der Waals surface area (Å²) < 4.78 is 11.3. The van der Waals surface area contributed by atoms with E-state index in [2.05, 4.69) is 19.0 Å². The Balaban J connectivity index is 1.63. The van der Waals surface area contributed by atoms with Crippen LogP contribution in [0, 0.1) is 34.5 Å². The van der Waals surface area contributed by atoms with Crippen molar-refractivity contribution in [2.45, 2.75) is 78.6 Å². The minimum absolute atomic E-state index is 0.0503. The Hall–Kier alpha value is -2.29. The number of aliphatic hydroxyl groups is 3. The number of ketones is 1. The molecule has 1 aromatic heterocycles. The van der Waals surface area contributed by atoms with Crippen molar-refractivity contribution in [2.75, 3.05) is 6.61 Å². The maximum atomic E-state index is 14.4. The number of carbonyl (C=O) groups is 2. The summed E-state index contributed by atoms with van der Waals surface area (Å²) in [5, 5.41) is 38.3. The van der Waals surface area contributed by atoms with Crippen molar-refractivity contribution < 1.29 is 34.2 Å². The van der Waals surface area contributed by atoms with Crippen LogP contribution in [-0.2, 0) is 22.4 Å². The third-order valence-corrected chi connectivity index (χ3v) is 9.82. The van der Waals surface area contributed by atoms with Crippen LogP contribution in [-0.4, -0.2) is 56.6 Å². The second-order valence-corrected chi connectivity index (χ2v) is 11.8. The van der Waals surface area contributed by atoms with E-state index in [1.807, 2.05) is 20.8 Å². The molecule has 2 saturated carbocycles. The zero-order chi connectivity index (χ0) is 26.4. The topological polar surface area (TPSA) is 130 Å². The van der Waals surface area contributed by atoms with Crippen LogP contribution in [0.1, 0.15) is 69.8 Å². The van der Waals surface area contributed by atoms with Crippen molar-refractivity contribution in [3.8, 4) is 0 Å². The molecule has 0 aliphatic heterocycles. The monoisotopic (exact) mass is 499 g/mol. The van der Waals surface area contributed by atoms with Crippen molar-refractivity contribution in [3.05, 3.63) is 40.3 Å². The Morgan fingerprint density at radius 3 is 2.58 bits per heavy atom. The number of rotatable bonds is 5. The van der Waals surface area contributed by atoms with E-state index in [0.29, 0.717) is 36.3 Å². The Bertz CT molecular complexity index is 1160. The predicted molar refractivity (Wildman–Crippen MR) is 130 cm³/mol. The summed E-state index contributed by atoms with van der Waals surface area (Å²) >= 11 is 0. The number of Topliss-reactive ketones (excluding diaryl/α,β-unsaturated/α-hetero) is 1. The lowest BCUT2D eigenvalue weighted by Crippen LogP contribution is -2.65. The largest absolute Gasteiger partial charge is 0.451 e. The summed E-state index contributed by atoms with van der Waals surface area (Å²) in [6.07, 6.45) is 2.11. The molecule has 196 valence electrons. The molecule has 2 unspecified atom stereocenters. The highest BCUT2D eigenvalue weighted by atomic mass is 16.6.